The van der Waals surface area contributed by atoms with Crippen molar-refractivity contribution in [1.82, 2.24) is 4.90 Å². The molecule has 1 unspecified atom stereocenters. The molecule has 0 N–H and O–H groups in total. The van der Waals surface area contributed by atoms with Crippen molar-refractivity contribution < 1.29 is 9.53 Å². The molecule has 0 aliphatic carbocycles. The van der Waals surface area contributed by atoms with Crippen LogP contribution in [0.5, 0.6) is 0 Å². The lowest BCUT2D eigenvalue weighted by atomic mass is 9.78. The highest BCUT2D eigenvalue weighted by molar-refractivity contribution is 5.73. The Labute approximate surface area is 86.4 Å². The third kappa shape index (κ3) is 2.47. The summed E-state index contributed by atoms with van der Waals surface area (Å²) < 4.78 is 5.22. The molecule has 1 amide bonds. The molecule has 0 radical (unpaired) electrons. The van der Waals surface area contributed by atoms with E-state index in [9.17, 15) is 4.79 Å². The van der Waals surface area contributed by atoms with Gasteiger partial charge < -0.3 is 9.64 Å². The number of rotatable bonds is 2. The molecule has 3 nitrogen and oxygen atoms in total. The maximum Gasteiger partial charge on any atom is 0.219 e. The van der Waals surface area contributed by atoms with Gasteiger partial charge in [0.1, 0.15) is 0 Å². The van der Waals surface area contributed by atoms with Crippen molar-refractivity contribution >= 4 is 5.91 Å². The van der Waals surface area contributed by atoms with Crippen LogP contribution in [0, 0.1) is 5.41 Å². The van der Waals surface area contributed by atoms with Crippen LogP contribution in [0.4, 0.5) is 0 Å². The molecule has 1 aliphatic heterocycles. The first-order chi connectivity index (χ1) is 6.48. The quantitative estimate of drug-likeness (QED) is 0.677. The van der Waals surface area contributed by atoms with Crippen LogP contribution in [0.15, 0.2) is 0 Å². The van der Waals surface area contributed by atoms with Gasteiger partial charge in [-0.25, -0.2) is 0 Å². The molecule has 2 atom stereocenters. The standard InChI is InChI=1S/C11H21NO2/c1-9-7-11(3,8-14-4)5-6-12(9)10(2)13/h9H,5-8H2,1-4H3/t9?,11-/m0/s1. The Morgan fingerprint density at radius 2 is 2.29 bits per heavy atom. The second-order valence-electron chi connectivity index (χ2n) is 4.76. The fourth-order valence-electron chi connectivity index (χ4n) is 2.48. The lowest BCUT2D eigenvalue weighted by molar-refractivity contribution is -0.134. The van der Waals surface area contributed by atoms with Gasteiger partial charge in [0.05, 0.1) is 6.61 Å². The number of amides is 1. The second kappa shape index (κ2) is 4.30. The highest BCUT2D eigenvalue weighted by atomic mass is 16.5. The molecule has 1 aliphatic rings. The van der Waals surface area contributed by atoms with E-state index in [4.69, 9.17) is 4.74 Å². The maximum absolute atomic E-state index is 11.3. The molecule has 0 aromatic rings. The fraction of sp³-hybridized carbons (Fsp3) is 0.909. The third-order valence-corrected chi connectivity index (χ3v) is 3.17. The number of piperidine rings is 1. The Kier molecular flexibility index (Phi) is 3.53. The molecular weight excluding hydrogens is 178 g/mol. The molecule has 14 heavy (non-hydrogen) atoms. The molecule has 1 heterocycles. The lowest BCUT2D eigenvalue weighted by Gasteiger charge is -2.43. The predicted octanol–water partition coefficient (Wildman–Crippen LogP) is 1.67. The van der Waals surface area contributed by atoms with Crippen LogP contribution in [0.1, 0.15) is 33.6 Å². The average Bonchev–Trinajstić information content (AvgIpc) is 2.02. The molecule has 0 aromatic heterocycles. The summed E-state index contributed by atoms with van der Waals surface area (Å²) in [6.07, 6.45) is 2.09. The van der Waals surface area contributed by atoms with Gasteiger partial charge in [0.25, 0.3) is 0 Å². The smallest absolute Gasteiger partial charge is 0.219 e. The Morgan fingerprint density at radius 3 is 2.71 bits per heavy atom. The Balaban J connectivity index is 2.58. The first kappa shape index (κ1) is 11.5. The van der Waals surface area contributed by atoms with Crippen LogP contribution in [-0.4, -0.2) is 37.1 Å². The van der Waals surface area contributed by atoms with E-state index in [1.54, 1.807) is 14.0 Å². The van der Waals surface area contributed by atoms with Gasteiger partial charge >= 0.3 is 0 Å². The van der Waals surface area contributed by atoms with Crippen molar-refractivity contribution in [1.29, 1.82) is 0 Å². The molecule has 0 spiro atoms. The summed E-state index contributed by atoms with van der Waals surface area (Å²) in [6.45, 7) is 7.67. The molecule has 1 fully saturated rings. The summed E-state index contributed by atoms with van der Waals surface area (Å²) in [6, 6.07) is 0.349. The molecule has 0 saturated carbocycles. The van der Waals surface area contributed by atoms with Crippen molar-refractivity contribution in [3.05, 3.63) is 0 Å². The monoisotopic (exact) mass is 199 g/mol. The van der Waals surface area contributed by atoms with Crippen molar-refractivity contribution in [3.8, 4) is 0 Å². The minimum absolute atomic E-state index is 0.192. The molecule has 0 aromatic carbocycles. The van der Waals surface area contributed by atoms with E-state index in [0.717, 1.165) is 26.0 Å². The number of methoxy groups -OCH3 is 1. The largest absolute Gasteiger partial charge is 0.384 e. The Hall–Kier alpha value is -0.570. The fourth-order valence-corrected chi connectivity index (χ4v) is 2.48. The van der Waals surface area contributed by atoms with E-state index < -0.39 is 0 Å². The number of carbonyl (C=O) groups is 1. The van der Waals surface area contributed by atoms with E-state index in [0.29, 0.717) is 6.04 Å². The maximum atomic E-state index is 11.3. The molecule has 1 saturated heterocycles. The number of likely N-dealkylation sites (tertiary alicyclic amines) is 1. The molecule has 1 rings (SSSR count). The Bertz CT molecular complexity index is 217. The van der Waals surface area contributed by atoms with Crippen molar-refractivity contribution in [3.63, 3.8) is 0 Å². The van der Waals surface area contributed by atoms with Gasteiger partial charge in [-0.15, -0.1) is 0 Å². The van der Waals surface area contributed by atoms with Crippen LogP contribution in [0.25, 0.3) is 0 Å². The number of nitrogens with zero attached hydrogens (tertiary/aromatic N) is 1. The number of hydrogen-bond donors (Lipinski definition) is 0. The first-order valence-electron chi connectivity index (χ1n) is 5.25. The minimum Gasteiger partial charge on any atom is -0.384 e. The molecule has 0 bridgehead atoms. The third-order valence-electron chi connectivity index (χ3n) is 3.17. The normalized spacial score (nSPS) is 33.1. The topological polar surface area (TPSA) is 29.5 Å². The summed E-state index contributed by atoms with van der Waals surface area (Å²) in [7, 11) is 1.74. The first-order valence-corrected chi connectivity index (χ1v) is 5.25. The van der Waals surface area contributed by atoms with E-state index in [-0.39, 0.29) is 11.3 Å². The van der Waals surface area contributed by atoms with Crippen LogP contribution in [0.2, 0.25) is 0 Å². The molecule has 82 valence electrons. The van der Waals surface area contributed by atoms with Crippen LogP contribution >= 0.6 is 0 Å². The number of carbonyl (C=O) groups excluding carboxylic acids is 1. The summed E-state index contributed by atoms with van der Waals surface area (Å²) in [5, 5.41) is 0. The molecule has 3 heteroatoms. The van der Waals surface area contributed by atoms with E-state index >= 15 is 0 Å². The van der Waals surface area contributed by atoms with Gasteiger partial charge in [-0.2, -0.15) is 0 Å². The van der Waals surface area contributed by atoms with Gasteiger partial charge in [-0.3, -0.25) is 4.79 Å². The van der Waals surface area contributed by atoms with E-state index in [1.807, 2.05) is 4.90 Å². The summed E-state index contributed by atoms with van der Waals surface area (Å²) in [5.41, 5.74) is 0.250. The Morgan fingerprint density at radius 1 is 1.64 bits per heavy atom. The zero-order valence-corrected chi connectivity index (χ0v) is 9.67. The highest BCUT2D eigenvalue weighted by Gasteiger charge is 2.35. The van der Waals surface area contributed by atoms with Gasteiger partial charge in [0, 0.05) is 26.6 Å². The summed E-state index contributed by atoms with van der Waals surface area (Å²) in [5.74, 6) is 0.192. The number of hydrogen-bond acceptors (Lipinski definition) is 2. The van der Waals surface area contributed by atoms with Crippen molar-refractivity contribution in [2.24, 2.45) is 5.41 Å². The van der Waals surface area contributed by atoms with E-state index in [2.05, 4.69) is 13.8 Å². The van der Waals surface area contributed by atoms with Crippen LogP contribution in [-0.2, 0) is 9.53 Å². The van der Waals surface area contributed by atoms with Crippen molar-refractivity contribution in [2.75, 3.05) is 20.3 Å². The zero-order valence-electron chi connectivity index (χ0n) is 9.67. The predicted molar refractivity (Wildman–Crippen MR) is 56.1 cm³/mol. The van der Waals surface area contributed by atoms with Gasteiger partial charge in [0.2, 0.25) is 5.91 Å². The zero-order chi connectivity index (χ0) is 10.8. The van der Waals surface area contributed by atoms with Gasteiger partial charge in [-0.1, -0.05) is 6.92 Å². The summed E-state index contributed by atoms with van der Waals surface area (Å²) in [4.78, 5) is 13.2. The number of ether oxygens (including phenoxy) is 1. The summed E-state index contributed by atoms with van der Waals surface area (Å²) >= 11 is 0. The average molecular weight is 199 g/mol. The lowest BCUT2D eigenvalue weighted by Crippen LogP contribution is -2.48. The molecular formula is C11H21NO2. The minimum atomic E-state index is 0.192. The van der Waals surface area contributed by atoms with Crippen molar-refractivity contribution in [2.45, 2.75) is 39.7 Å². The highest BCUT2D eigenvalue weighted by Crippen LogP contribution is 2.34. The van der Waals surface area contributed by atoms with Gasteiger partial charge in [-0.05, 0) is 25.2 Å². The van der Waals surface area contributed by atoms with Gasteiger partial charge in [0.15, 0.2) is 0 Å². The second-order valence-corrected chi connectivity index (χ2v) is 4.76. The SMILES string of the molecule is COC[C@@]1(C)CCN(C(C)=O)C(C)C1. The van der Waals surface area contributed by atoms with Crippen LogP contribution in [0.3, 0.4) is 0 Å². The van der Waals surface area contributed by atoms with E-state index in [1.165, 1.54) is 0 Å². The van der Waals surface area contributed by atoms with Crippen LogP contribution < -0.4 is 0 Å².